The van der Waals surface area contributed by atoms with Crippen molar-refractivity contribution in [3.05, 3.63) is 108 Å². The van der Waals surface area contributed by atoms with Crippen molar-refractivity contribution in [2.45, 2.75) is 51.5 Å². The summed E-state index contributed by atoms with van der Waals surface area (Å²) >= 11 is 1.64. The van der Waals surface area contributed by atoms with Gasteiger partial charge >= 0.3 is 0 Å². The van der Waals surface area contributed by atoms with E-state index in [4.69, 9.17) is 0 Å². The molecule has 3 aromatic carbocycles. The largest absolute Gasteiger partial charge is 0.511 e. The second-order valence-corrected chi connectivity index (χ2v) is 10.2. The number of aryl methyl sites for hydroxylation is 2. The summed E-state index contributed by atoms with van der Waals surface area (Å²) in [6.07, 6.45) is 8.45. The number of aliphatic hydroxyl groups excluding tert-OH is 1. The number of fused-ring (bicyclic) bond motifs is 3. The molecule has 0 spiro atoms. The molecular formula is C32H31NOS. The molecule has 0 amide bonds. The van der Waals surface area contributed by atoms with Gasteiger partial charge in [-0.25, -0.2) is 0 Å². The van der Waals surface area contributed by atoms with Crippen molar-refractivity contribution in [3.63, 3.8) is 0 Å². The zero-order chi connectivity index (χ0) is 24.0. The maximum atomic E-state index is 9.87. The number of rotatable bonds is 11. The fraction of sp³-hybridized carbons (Fsp3) is 0.250. The second kappa shape index (κ2) is 10.8. The van der Waals surface area contributed by atoms with Crippen LogP contribution >= 0.6 is 11.3 Å². The molecule has 0 unspecified atom stereocenters. The van der Waals surface area contributed by atoms with Crippen LogP contribution in [-0.4, -0.2) is 9.67 Å². The average molecular weight is 478 g/mol. The van der Waals surface area contributed by atoms with E-state index in [0.717, 1.165) is 18.4 Å². The Bertz CT molecular complexity index is 1430. The number of nitrogens with zero attached hydrogens (tertiary/aromatic N) is 1. The number of hydrogen-bond acceptors (Lipinski definition) is 2. The highest BCUT2D eigenvalue weighted by Gasteiger charge is 2.11. The quantitative estimate of drug-likeness (QED) is 0.149. The first-order chi connectivity index (χ1) is 17.2. The number of unbranched alkanes of at least 4 members (excludes halogenated alkanes) is 4. The lowest BCUT2D eigenvalue weighted by atomic mass is 9.99. The van der Waals surface area contributed by atoms with E-state index in [1.165, 1.54) is 70.0 Å². The van der Waals surface area contributed by atoms with Crippen LogP contribution in [0.1, 0.15) is 43.2 Å². The van der Waals surface area contributed by atoms with Gasteiger partial charge in [0.2, 0.25) is 0 Å². The molecular weight excluding hydrogens is 446 g/mol. The van der Waals surface area contributed by atoms with E-state index in [0.29, 0.717) is 6.54 Å². The summed E-state index contributed by atoms with van der Waals surface area (Å²) < 4.78 is 2.18. The van der Waals surface area contributed by atoms with Crippen molar-refractivity contribution in [1.82, 2.24) is 4.57 Å². The predicted octanol–water partition coefficient (Wildman–Crippen LogP) is 8.93. The van der Waals surface area contributed by atoms with Crippen LogP contribution in [0.2, 0.25) is 0 Å². The van der Waals surface area contributed by atoms with Crippen LogP contribution in [-0.2, 0) is 19.4 Å². The second-order valence-electron chi connectivity index (χ2n) is 9.30. The van der Waals surface area contributed by atoms with Gasteiger partial charge in [-0.15, -0.1) is 0 Å². The molecule has 0 bridgehead atoms. The topological polar surface area (TPSA) is 25.2 Å². The standard InChI is InChI=1S/C32H31NOS/c1-24(34)23-33-30-17-10-9-16-28(30)29-20-19-25(22-31(29)33)12-5-3-2-4-6-13-26-14-7-8-15-27(26)32-18-11-21-35-32/h7-10,14-20,22,34H,1-6,12-13,23H2. The van der Waals surface area contributed by atoms with Crippen molar-refractivity contribution in [2.24, 2.45) is 0 Å². The van der Waals surface area contributed by atoms with Crippen molar-refractivity contribution < 1.29 is 5.11 Å². The minimum Gasteiger partial charge on any atom is -0.511 e. The summed E-state index contributed by atoms with van der Waals surface area (Å²) in [5.41, 5.74) is 6.47. The highest BCUT2D eigenvalue weighted by atomic mass is 32.1. The molecule has 2 heterocycles. The lowest BCUT2D eigenvalue weighted by molar-refractivity contribution is 0.383. The number of benzene rings is 3. The Kier molecular flexibility index (Phi) is 7.21. The van der Waals surface area contributed by atoms with Crippen molar-refractivity contribution >= 4 is 33.1 Å². The van der Waals surface area contributed by atoms with E-state index in [2.05, 4.69) is 89.3 Å². The van der Waals surface area contributed by atoms with Crippen LogP contribution in [0.5, 0.6) is 0 Å². The first-order valence-corrected chi connectivity index (χ1v) is 13.3. The number of allylic oxidation sites excluding steroid dienone is 1. The Morgan fingerprint density at radius 1 is 0.829 bits per heavy atom. The van der Waals surface area contributed by atoms with Crippen LogP contribution in [0.3, 0.4) is 0 Å². The molecule has 5 aromatic rings. The van der Waals surface area contributed by atoms with E-state index in [9.17, 15) is 5.11 Å². The molecule has 2 nitrogen and oxygen atoms in total. The molecule has 0 saturated heterocycles. The molecule has 3 heteroatoms. The first kappa shape index (κ1) is 23.3. The monoisotopic (exact) mass is 477 g/mol. The lowest BCUT2D eigenvalue weighted by Gasteiger charge is -2.08. The zero-order valence-corrected chi connectivity index (χ0v) is 20.9. The summed E-state index contributed by atoms with van der Waals surface area (Å²) in [7, 11) is 0. The molecule has 0 atom stereocenters. The van der Waals surface area contributed by atoms with Gasteiger partial charge in [0.05, 0.1) is 11.4 Å². The maximum Gasteiger partial charge on any atom is 0.105 e. The lowest BCUT2D eigenvalue weighted by Crippen LogP contribution is -1.99. The van der Waals surface area contributed by atoms with Gasteiger partial charge in [-0.1, -0.05) is 97.8 Å². The minimum atomic E-state index is 0.188. The van der Waals surface area contributed by atoms with Gasteiger partial charge in [-0.2, -0.15) is 0 Å². The van der Waals surface area contributed by atoms with Crippen molar-refractivity contribution in [1.29, 1.82) is 0 Å². The average Bonchev–Trinajstić information content (AvgIpc) is 3.51. The molecule has 1 N–H and O–H groups in total. The molecule has 0 fully saturated rings. The third-order valence-corrected chi connectivity index (χ3v) is 7.57. The van der Waals surface area contributed by atoms with E-state index in [-0.39, 0.29) is 5.76 Å². The number of aliphatic hydroxyl groups is 1. The van der Waals surface area contributed by atoms with E-state index < -0.39 is 0 Å². The molecule has 0 aliphatic carbocycles. The Morgan fingerprint density at radius 2 is 1.57 bits per heavy atom. The van der Waals surface area contributed by atoms with Crippen LogP contribution < -0.4 is 0 Å². The number of aromatic nitrogens is 1. The summed E-state index contributed by atoms with van der Waals surface area (Å²) in [5, 5.41) is 15.4. The number of hydrogen-bond donors (Lipinski definition) is 1. The highest BCUT2D eigenvalue weighted by Crippen LogP contribution is 2.31. The number of para-hydroxylation sites is 1. The van der Waals surface area contributed by atoms with E-state index >= 15 is 0 Å². The van der Waals surface area contributed by atoms with Crippen LogP contribution in [0.4, 0.5) is 0 Å². The third kappa shape index (κ3) is 5.29. The predicted molar refractivity (Wildman–Crippen MR) is 149 cm³/mol. The molecule has 0 radical (unpaired) electrons. The zero-order valence-electron chi connectivity index (χ0n) is 20.1. The minimum absolute atomic E-state index is 0.188. The van der Waals surface area contributed by atoms with Gasteiger partial charge in [0.1, 0.15) is 5.76 Å². The Labute approximate surface area is 212 Å². The summed E-state index contributed by atoms with van der Waals surface area (Å²) in [6, 6.07) is 29.1. The molecule has 0 aliphatic rings. The van der Waals surface area contributed by atoms with Crippen LogP contribution in [0.15, 0.2) is 85.1 Å². The van der Waals surface area contributed by atoms with Gasteiger partial charge in [-0.05, 0) is 59.9 Å². The van der Waals surface area contributed by atoms with E-state index in [1.54, 1.807) is 11.3 Å². The molecule has 176 valence electrons. The molecule has 2 aromatic heterocycles. The highest BCUT2D eigenvalue weighted by molar-refractivity contribution is 7.12. The normalized spacial score (nSPS) is 11.2. The summed E-state index contributed by atoms with van der Waals surface area (Å²) in [4.78, 5) is 1.26. The molecule has 0 saturated carbocycles. The first-order valence-electron chi connectivity index (χ1n) is 12.5. The SMILES string of the molecule is C=C(O)Cn1c2ccccc2c2ccc(CCCCCCCc3ccccc3-c3cc#cs3)cc21. The Hall–Kier alpha value is -3.48. The van der Waals surface area contributed by atoms with Crippen LogP contribution in [0, 0.1) is 11.4 Å². The smallest absolute Gasteiger partial charge is 0.105 e. The van der Waals surface area contributed by atoms with Gasteiger partial charge < -0.3 is 9.67 Å². The Balaban J connectivity index is 1.14. The van der Waals surface area contributed by atoms with Gasteiger partial charge in [-0.3, -0.25) is 0 Å². The summed E-state index contributed by atoms with van der Waals surface area (Å²) in [5.74, 6) is 0.188. The molecule has 35 heavy (non-hydrogen) atoms. The molecule has 5 rings (SSSR count). The van der Waals surface area contributed by atoms with Gasteiger partial charge in [0, 0.05) is 27.9 Å². The van der Waals surface area contributed by atoms with Gasteiger partial charge in [0.15, 0.2) is 0 Å². The molecule has 0 aliphatic heterocycles. The van der Waals surface area contributed by atoms with Crippen molar-refractivity contribution in [2.75, 3.05) is 0 Å². The fourth-order valence-electron chi connectivity index (χ4n) is 5.10. The van der Waals surface area contributed by atoms with E-state index in [1.807, 2.05) is 6.07 Å². The van der Waals surface area contributed by atoms with Crippen molar-refractivity contribution in [3.8, 4) is 10.4 Å². The third-order valence-electron chi connectivity index (χ3n) is 6.80. The summed E-state index contributed by atoms with van der Waals surface area (Å²) in [6.45, 7) is 4.15. The van der Waals surface area contributed by atoms with Gasteiger partial charge in [0.25, 0.3) is 0 Å². The fourth-order valence-corrected chi connectivity index (χ4v) is 5.75. The maximum absolute atomic E-state index is 9.87. The van der Waals surface area contributed by atoms with Crippen LogP contribution in [0.25, 0.3) is 32.2 Å². The Morgan fingerprint density at radius 3 is 2.40 bits per heavy atom.